The molecule has 0 radical (unpaired) electrons. The summed E-state index contributed by atoms with van der Waals surface area (Å²) in [5.74, 6) is 1.29. The van der Waals surface area contributed by atoms with E-state index >= 15 is 0 Å². The number of benzene rings is 3. The van der Waals surface area contributed by atoms with Crippen LogP contribution in [0.2, 0.25) is 0 Å². The van der Waals surface area contributed by atoms with Gasteiger partial charge in [-0.15, -0.1) is 0 Å². The highest BCUT2D eigenvalue weighted by Gasteiger charge is 2.16. The molecule has 0 bridgehead atoms. The van der Waals surface area contributed by atoms with Crippen molar-refractivity contribution in [3.05, 3.63) is 98.7 Å². The Bertz CT molecular complexity index is 1530. The standard InChI is InChI=1S/C26H20BrN3O2/c1-16(2)18-9-7-17(8-10-18)15-28-30-25(29-22-6-4-3-5-21(22)26(30)31)24-14-19-13-20(27)11-12-23(19)32-24/h3-16H,1-2H3. The largest absolute Gasteiger partial charge is 0.453 e. The van der Waals surface area contributed by atoms with Gasteiger partial charge in [-0.3, -0.25) is 4.79 Å². The lowest BCUT2D eigenvalue weighted by molar-refractivity contribution is 0.616. The molecule has 6 heteroatoms. The summed E-state index contributed by atoms with van der Waals surface area (Å²) >= 11 is 3.49. The van der Waals surface area contributed by atoms with E-state index in [0.717, 1.165) is 15.4 Å². The second-order valence-corrected chi connectivity index (χ2v) is 8.84. The molecule has 2 aromatic heterocycles. The fourth-order valence-electron chi connectivity index (χ4n) is 3.61. The first kappa shape index (κ1) is 20.4. The van der Waals surface area contributed by atoms with Gasteiger partial charge in [-0.25, -0.2) is 4.98 Å². The molecule has 0 atom stereocenters. The molecule has 0 fully saturated rings. The van der Waals surface area contributed by atoms with Crippen LogP contribution in [0.15, 0.2) is 91.6 Å². The number of hydrogen-bond acceptors (Lipinski definition) is 4. The van der Waals surface area contributed by atoms with E-state index in [0.29, 0.717) is 34.0 Å². The number of para-hydroxylation sites is 1. The minimum Gasteiger partial charge on any atom is -0.453 e. The van der Waals surface area contributed by atoms with Gasteiger partial charge < -0.3 is 4.42 Å². The molecular formula is C26H20BrN3O2. The highest BCUT2D eigenvalue weighted by atomic mass is 79.9. The van der Waals surface area contributed by atoms with E-state index in [4.69, 9.17) is 9.40 Å². The second-order valence-electron chi connectivity index (χ2n) is 7.93. The molecule has 32 heavy (non-hydrogen) atoms. The summed E-state index contributed by atoms with van der Waals surface area (Å²) in [7, 11) is 0. The summed E-state index contributed by atoms with van der Waals surface area (Å²) in [6.45, 7) is 4.31. The molecule has 2 heterocycles. The number of furan rings is 1. The fraction of sp³-hybridized carbons (Fsp3) is 0.115. The van der Waals surface area contributed by atoms with Crippen molar-refractivity contribution in [1.82, 2.24) is 9.66 Å². The SMILES string of the molecule is CC(C)c1ccc(C=Nn2c(-c3cc4cc(Br)ccc4o3)nc3ccccc3c2=O)cc1. The molecule has 0 saturated heterocycles. The monoisotopic (exact) mass is 485 g/mol. The molecule has 0 aliphatic heterocycles. The van der Waals surface area contributed by atoms with Crippen LogP contribution in [-0.2, 0) is 0 Å². The Morgan fingerprint density at radius 1 is 1.03 bits per heavy atom. The van der Waals surface area contributed by atoms with E-state index in [-0.39, 0.29) is 5.56 Å². The molecule has 0 aliphatic carbocycles. The first-order chi connectivity index (χ1) is 15.5. The van der Waals surface area contributed by atoms with Gasteiger partial charge in [-0.1, -0.05) is 66.2 Å². The Balaban J connectivity index is 1.67. The van der Waals surface area contributed by atoms with Crippen molar-refractivity contribution in [2.75, 3.05) is 0 Å². The Hall–Kier alpha value is -3.51. The lowest BCUT2D eigenvalue weighted by Gasteiger charge is -2.07. The quantitative estimate of drug-likeness (QED) is 0.270. The van der Waals surface area contributed by atoms with E-state index in [9.17, 15) is 4.79 Å². The number of fused-ring (bicyclic) bond motifs is 2. The Kier molecular flexibility index (Phi) is 5.23. The molecule has 0 aliphatic rings. The van der Waals surface area contributed by atoms with Gasteiger partial charge >= 0.3 is 0 Å². The summed E-state index contributed by atoms with van der Waals surface area (Å²) in [5, 5.41) is 5.93. The van der Waals surface area contributed by atoms with Crippen LogP contribution >= 0.6 is 15.9 Å². The molecule has 5 aromatic rings. The van der Waals surface area contributed by atoms with Crippen molar-refractivity contribution >= 4 is 44.0 Å². The van der Waals surface area contributed by atoms with Gasteiger partial charge in [0.15, 0.2) is 5.76 Å². The maximum absolute atomic E-state index is 13.3. The van der Waals surface area contributed by atoms with Crippen LogP contribution in [0.1, 0.15) is 30.9 Å². The van der Waals surface area contributed by atoms with E-state index in [1.807, 2.05) is 54.6 Å². The summed E-state index contributed by atoms with van der Waals surface area (Å²) in [6, 6.07) is 23.0. The third-order valence-electron chi connectivity index (χ3n) is 5.38. The van der Waals surface area contributed by atoms with Crippen LogP contribution in [0.5, 0.6) is 0 Å². The number of rotatable bonds is 4. The molecule has 0 spiro atoms. The summed E-state index contributed by atoms with van der Waals surface area (Å²) in [4.78, 5) is 18.0. The van der Waals surface area contributed by atoms with Crippen molar-refractivity contribution in [1.29, 1.82) is 0 Å². The third kappa shape index (κ3) is 3.78. The lowest BCUT2D eigenvalue weighted by atomic mass is 10.0. The van der Waals surface area contributed by atoms with Crippen molar-refractivity contribution < 1.29 is 4.42 Å². The average Bonchev–Trinajstić information content (AvgIpc) is 3.21. The molecule has 0 saturated carbocycles. The Morgan fingerprint density at radius 2 is 1.81 bits per heavy atom. The maximum Gasteiger partial charge on any atom is 0.282 e. The molecule has 158 valence electrons. The van der Waals surface area contributed by atoms with Gasteiger partial charge in [0.05, 0.1) is 17.1 Å². The molecule has 0 amide bonds. The Morgan fingerprint density at radius 3 is 2.59 bits per heavy atom. The number of aromatic nitrogens is 2. The van der Waals surface area contributed by atoms with E-state index < -0.39 is 0 Å². The predicted octanol–water partition coefficient (Wildman–Crippen LogP) is 6.58. The number of halogens is 1. The first-order valence-electron chi connectivity index (χ1n) is 10.4. The van der Waals surface area contributed by atoms with Crippen LogP contribution in [0.3, 0.4) is 0 Å². The second kappa shape index (κ2) is 8.20. The summed E-state index contributed by atoms with van der Waals surface area (Å²) in [6.07, 6.45) is 1.67. The Labute approximate surface area is 193 Å². The van der Waals surface area contributed by atoms with Gasteiger partial charge in [0.1, 0.15) is 5.58 Å². The minimum atomic E-state index is -0.248. The van der Waals surface area contributed by atoms with Crippen molar-refractivity contribution in [2.24, 2.45) is 5.10 Å². The van der Waals surface area contributed by atoms with Crippen molar-refractivity contribution in [3.63, 3.8) is 0 Å². The van der Waals surface area contributed by atoms with Crippen LogP contribution in [-0.4, -0.2) is 15.9 Å². The topological polar surface area (TPSA) is 60.4 Å². The van der Waals surface area contributed by atoms with E-state index in [1.165, 1.54) is 10.2 Å². The highest BCUT2D eigenvalue weighted by Crippen LogP contribution is 2.29. The number of hydrogen-bond donors (Lipinski definition) is 0. The zero-order valence-electron chi connectivity index (χ0n) is 17.6. The molecule has 0 N–H and O–H groups in total. The van der Waals surface area contributed by atoms with Crippen LogP contribution in [0.25, 0.3) is 33.5 Å². The van der Waals surface area contributed by atoms with Gasteiger partial charge in [-0.05, 0) is 53.4 Å². The smallest absolute Gasteiger partial charge is 0.282 e. The molecule has 5 nitrogen and oxygen atoms in total. The molecule has 3 aromatic carbocycles. The normalized spacial score (nSPS) is 11.9. The maximum atomic E-state index is 13.3. The van der Waals surface area contributed by atoms with Gasteiger partial charge in [0, 0.05) is 9.86 Å². The lowest BCUT2D eigenvalue weighted by Crippen LogP contribution is -2.20. The van der Waals surface area contributed by atoms with Crippen LogP contribution in [0.4, 0.5) is 0 Å². The predicted molar refractivity (Wildman–Crippen MR) is 132 cm³/mol. The molecular weight excluding hydrogens is 466 g/mol. The van der Waals surface area contributed by atoms with Crippen molar-refractivity contribution in [3.8, 4) is 11.6 Å². The van der Waals surface area contributed by atoms with E-state index in [1.54, 1.807) is 12.3 Å². The van der Waals surface area contributed by atoms with Gasteiger partial charge in [-0.2, -0.15) is 9.78 Å². The zero-order chi connectivity index (χ0) is 22.2. The van der Waals surface area contributed by atoms with E-state index in [2.05, 4.69) is 47.0 Å². The first-order valence-corrected chi connectivity index (χ1v) is 11.1. The van der Waals surface area contributed by atoms with Gasteiger partial charge in [0.25, 0.3) is 5.56 Å². The number of nitrogens with zero attached hydrogens (tertiary/aromatic N) is 3. The minimum absolute atomic E-state index is 0.248. The fourth-order valence-corrected chi connectivity index (χ4v) is 3.98. The summed E-state index contributed by atoms with van der Waals surface area (Å²) < 4.78 is 8.29. The van der Waals surface area contributed by atoms with Gasteiger partial charge in [0.2, 0.25) is 5.82 Å². The highest BCUT2D eigenvalue weighted by molar-refractivity contribution is 9.10. The van der Waals surface area contributed by atoms with Crippen LogP contribution < -0.4 is 5.56 Å². The van der Waals surface area contributed by atoms with Crippen molar-refractivity contribution in [2.45, 2.75) is 19.8 Å². The average molecular weight is 486 g/mol. The molecule has 5 rings (SSSR count). The van der Waals surface area contributed by atoms with Crippen LogP contribution in [0, 0.1) is 0 Å². The third-order valence-corrected chi connectivity index (χ3v) is 5.87. The zero-order valence-corrected chi connectivity index (χ0v) is 19.2. The summed E-state index contributed by atoms with van der Waals surface area (Å²) in [5.41, 5.74) is 3.21. The molecule has 0 unspecified atom stereocenters.